The highest BCUT2D eigenvalue weighted by atomic mass is 35.5. The molecule has 0 unspecified atom stereocenters. The maximum atomic E-state index is 10.6. The maximum absolute atomic E-state index is 10.6. The van der Waals surface area contributed by atoms with E-state index < -0.39 is 5.97 Å². The third kappa shape index (κ3) is 1.64. The fourth-order valence-corrected chi connectivity index (χ4v) is 1.82. The number of para-hydroxylation sites is 1. The van der Waals surface area contributed by atoms with E-state index in [1.54, 1.807) is 18.2 Å². The molecule has 0 amide bonds. The Morgan fingerprint density at radius 3 is 2.87 bits per heavy atom. The lowest BCUT2D eigenvalue weighted by molar-refractivity contribution is -0.137. The number of carbonyl (C=O) groups is 1. The van der Waals surface area contributed by atoms with Gasteiger partial charge in [0.25, 0.3) is 0 Å². The molecule has 0 fully saturated rings. The fourth-order valence-electron chi connectivity index (χ4n) is 1.56. The summed E-state index contributed by atoms with van der Waals surface area (Å²) in [5, 5.41) is 19.3. The van der Waals surface area contributed by atoms with Crippen LogP contribution in [-0.4, -0.2) is 20.7 Å². The van der Waals surface area contributed by atoms with Gasteiger partial charge in [-0.3, -0.25) is 4.79 Å². The molecule has 1 aromatic heterocycles. The van der Waals surface area contributed by atoms with Gasteiger partial charge in [0.15, 0.2) is 0 Å². The van der Waals surface area contributed by atoms with Gasteiger partial charge in [-0.25, -0.2) is 0 Å². The van der Waals surface area contributed by atoms with E-state index in [0.29, 0.717) is 10.7 Å². The van der Waals surface area contributed by atoms with Crippen molar-refractivity contribution in [1.82, 2.24) is 4.57 Å². The van der Waals surface area contributed by atoms with Gasteiger partial charge in [-0.15, -0.1) is 0 Å². The van der Waals surface area contributed by atoms with Gasteiger partial charge in [0, 0.05) is 5.39 Å². The van der Waals surface area contributed by atoms with E-state index in [2.05, 4.69) is 0 Å². The lowest BCUT2D eigenvalue weighted by Crippen LogP contribution is -2.08. The van der Waals surface area contributed by atoms with Gasteiger partial charge in [0.1, 0.15) is 17.4 Å². The van der Waals surface area contributed by atoms with Crippen molar-refractivity contribution in [3.8, 4) is 5.75 Å². The van der Waals surface area contributed by atoms with Crippen molar-refractivity contribution in [3.63, 3.8) is 0 Å². The molecule has 0 aliphatic carbocycles. The minimum absolute atomic E-state index is 0.0284. The first kappa shape index (κ1) is 9.86. The molecule has 0 aliphatic heterocycles. The van der Waals surface area contributed by atoms with Crippen LogP contribution in [0.15, 0.2) is 24.3 Å². The first-order valence-corrected chi connectivity index (χ1v) is 4.66. The van der Waals surface area contributed by atoms with Crippen LogP contribution >= 0.6 is 11.6 Å². The average molecular weight is 226 g/mol. The molecule has 1 heterocycles. The average Bonchev–Trinajstić information content (AvgIpc) is 2.43. The predicted molar refractivity (Wildman–Crippen MR) is 56.2 cm³/mol. The van der Waals surface area contributed by atoms with Crippen molar-refractivity contribution in [2.75, 3.05) is 0 Å². The number of benzene rings is 1. The molecule has 0 bridgehead atoms. The minimum atomic E-state index is -1.00. The van der Waals surface area contributed by atoms with Gasteiger partial charge in [0.2, 0.25) is 0 Å². The standard InChI is InChI=1S/C10H8ClNO3/c11-8-4-6-2-1-3-7(13)10(6)12(8)5-9(14)15/h1-4,13H,5H2,(H,14,15). The highest BCUT2D eigenvalue weighted by Crippen LogP contribution is 2.30. The molecule has 0 saturated carbocycles. The van der Waals surface area contributed by atoms with Crippen molar-refractivity contribution in [2.24, 2.45) is 0 Å². The predicted octanol–water partition coefficient (Wildman–Crippen LogP) is 2.08. The van der Waals surface area contributed by atoms with Crippen molar-refractivity contribution in [1.29, 1.82) is 0 Å². The number of phenolic OH excluding ortho intramolecular Hbond substituents is 1. The van der Waals surface area contributed by atoms with Crippen molar-refractivity contribution >= 4 is 28.5 Å². The molecular weight excluding hydrogens is 218 g/mol. The summed E-state index contributed by atoms with van der Waals surface area (Å²) in [7, 11) is 0. The Balaban J connectivity index is 2.71. The number of aromatic hydroxyl groups is 1. The molecule has 0 spiro atoms. The summed E-state index contributed by atoms with van der Waals surface area (Å²) < 4.78 is 1.36. The Hall–Kier alpha value is -1.68. The van der Waals surface area contributed by atoms with Crippen LogP contribution in [0.2, 0.25) is 5.15 Å². The number of hydrogen-bond acceptors (Lipinski definition) is 2. The normalized spacial score (nSPS) is 10.7. The molecular formula is C10H8ClNO3. The fraction of sp³-hybridized carbons (Fsp3) is 0.100. The second-order valence-electron chi connectivity index (χ2n) is 3.16. The number of aromatic nitrogens is 1. The van der Waals surface area contributed by atoms with E-state index in [1.807, 2.05) is 0 Å². The zero-order valence-corrected chi connectivity index (χ0v) is 8.40. The van der Waals surface area contributed by atoms with E-state index in [0.717, 1.165) is 5.39 Å². The van der Waals surface area contributed by atoms with Crippen LogP contribution in [0, 0.1) is 0 Å². The third-order valence-electron chi connectivity index (χ3n) is 2.14. The van der Waals surface area contributed by atoms with Crippen LogP contribution in [0.5, 0.6) is 5.75 Å². The summed E-state index contributed by atoms with van der Waals surface area (Å²) in [5.74, 6) is -0.974. The monoisotopic (exact) mass is 225 g/mol. The first-order chi connectivity index (χ1) is 7.09. The van der Waals surface area contributed by atoms with Crippen LogP contribution in [0.25, 0.3) is 10.9 Å². The molecule has 15 heavy (non-hydrogen) atoms. The van der Waals surface area contributed by atoms with Crippen LogP contribution < -0.4 is 0 Å². The highest BCUT2D eigenvalue weighted by molar-refractivity contribution is 6.31. The van der Waals surface area contributed by atoms with Gasteiger partial charge in [-0.05, 0) is 12.1 Å². The Bertz CT molecular complexity index is 533. The number of nitrogens with zero attached hydrogens (tertiary/aromatic N) is 1. The quantitative estimate of drug-likeness (QED) is 0.823. The lowest BCUT2D eigenvalue weighted by Gasteiger charge is -2.04. The molecule has 0 radical (unpaired) electrons. The van der Waals surface area contributed by atoms with Gasteiger partial charge in [-0.1, -0.05) is 23.7 Å². The van der Waals surface area contributed by atoms with Gasteiger partial charge in [-0.2, -0.15) is 0 Å². The number of hydrogen-bond donors (Lipinski definition) is 2. The van der Waals surface area contributed by atoms with E-state index in [1.165, 1.54) is 10.6 Å². The molecule has 5 heteroatoms. The number of aliphatic carboxylic acids is 1. The number of phenols is 1. The van der Waals surface area contributed by atoms with E-state index in [4.69, 9.17) is 16.7 Å². The van der Waals surface area contributed by atoms with E-state index in [-0.39, 0.29) is 12.3 Å². The molecule has 0 atom stereocenters. The number of fused-ring (bicyclic) bond motifs is 1. The summed E-state index contributed by atoms with van der Waals surface area (Å²) >= 11 is 5.87. The second kappa shape index (κ2) is 3.47. The molecule has 2 aromatic rings. The number of carboxylic acid groups (broad SMARTS) is 1. The van der Waals surface area contributed by atoms with Crippen molar-refractivity contribution in [2.45, 2.75) is 6.54 Å². The topological polar surface area (TPSA) is 62.5 Å². The largest absolute Gasteiger partial charge is 0.506 e. The maximum Gasteiger partial charge on any atom is 0.323 e. The Labute approximate surface area is 90.3 Å². The second-order valence-corrected chi connectivity index (χ2v) is 3.55. The third-order valence-corrected chi connectivity index (χ3v) is 2.45. The molecule has 78 valence electrons. The van der Waals surface area contributed by atoms with E-state index in [9.17, 15) is 9.90 Å². The molecule has 4 nitrogen and oxygen atoms in total. The molecule has 1 aromatic carbocycles. The van der Waals surface area contributed by atoms with Gasteiger partial charge in [0.05, 0.1) is 5.52 Å². The Morgan fingerprint density at radius 2 is 2.20 bits per heavy atom. The van der Waals surface area contributed by atoms with E-state index >= 15 is 0 Å². The van der Waals surface area contributed by atoms with Crippen LogP contribution in [0.1, 0.15) is 0 Å². The van der Waals surface area contributed by atoms with Gasteiger partial charge < -0.3 is 14.8 Å². The number of rotatable bonds is 2. The Morgan fingerprint density at radius 1 is 1.47 bits per heavy atom. The lowest BCUT2D eigenvalue weighted by atomic mass is 10.2. The van der Waals surface area contributed by atoms with Crippen LogP contribution in [-0.2, 0) is 11.3 Å². The minimum Gasteiger partial charge on any atom is -0.506 e. The number of carboxylic acids is 1. The zero-order valence-electron chi connectivity index (χ0n) is 7.64. The summed E-state index contributed by atoms with van der Waals surface area (Å²) in [6.45, 7) is -0.264. The molecule has 0 aliphatic rings. The summed E-state index contributed by atoms with van der Waals surface area (Å²) in [4.78, 5) is 10.6. The first-order valence-electron chi connectivity index (χ1n) is 4.28. The summed E-state index contributed by atoms with van der Waals surface area (Å²) in [5.41, 5.74) is 0.449. The molecule has 2 N–H and O–H groups in total. The SMILES string of the molecule is O=C(O)Cn1c(Cl)cc2cccc(O)c21. The zero-order chi connectivity index (χ0) is 11.0. The Kier molecular flexibility index (Phi) is 2.28. The summed E-state index contributed by atoms with van der Waals surface area (Å²) in [6.07, 6.45) is 0. The van der Waals surface area contributed by atoms with Crippen molar-refractivity contribution in [3.05, 3.63) is 29.4 Å². The van der Waals surface area contributed by atoms with Gasteiger partial charge >= 0.3 is 5.97 Å². The molecule has 0 saturated heterocycles. The van der Waals surface area contributed by atoms with Crippen LogP contribution in [0.4, 0.5) is 0 Å². The molecule has 2 rings (SSSR count). The summed E-state index contributed by atoms with van der Waals surface area (Å²) in [6, 6.07) is 6.56. The van der Waals surface area contributed by atoms with Crippen LogP contribution in [0.3, 0.4) is 0 Å². The smallest absolute Gasteiger partial charge is 0.323 e. The highest BCUT2D eigenvalue weighted by Gasteiger charge is 2.12. The number of halogens is 1. The van der Waals surface area contributed by atoms with Crippen molar-refractivity contribution < 1.29 is 15.0 Å².